The summed E-state index contributed by atoms with van der Waals surface area (Å²) in [4.78, 5) is 15.5. The predicted molar refractivity (Wildman–Crippen MR) is 76.2 cm³/mol. The second-order valence-corrected chi connectivity index (χ2v) is 6.45. The van der Waals surface area contributed by atoms with Gasteiger partial charge in [-0.2, -0.15) is 11.8 Å². The zero-order valence-electron chi connectivity index (χ0n) is 10.8. The lowest BCUT2D eigenvalue weighted by Gasteiger charge is -2.23. The number of thioether (sulfide) groups is 1. The average Bonchev–Trinajstić information content (AvgIpc) is 2.83. The Balaban J connectivity index is 1.99. The Kier molecular flexibility index (Phi) is 4.11. The average molecular weight is 265 g/mol. The fourth-order valence-corrected chi connectivity index (χ4v) is 3.30. The Morgan fingerprint density at radius 1 is 1.61 bits per heavy atom. The summed E-state index contributed by atoms with van der Waals surface area (Å²) in [6.07, 6.45) is 4.21. The fraction of sp³-hybridized carbons (Fsp3) is 0.538. The van der Waals surface area contributed by atoms with Crippen molar-refractivity contribution in [2.24, 2.45) is 0 Å². The molecule has 1 saturated heterocycles. The van der Waals surface area contributed by atoms with E-state index in [4.69, 9.17) is 0 Å². The van der Waals surface area contributed by atoms with E-state index in [9.17, 15) is 4.79 Å². The van der Waals surface area contributed by atoms with Crippen molar-refractivity contribution in [1.29, 1.82) is 0 Å². The number of hydrogen-bond acceptors (Lipinski definition) is 4. The van der Waals surface area contributed by atoms with Crippen LogP contribution in [0.25, 0.3) is 0 Å². The van der Waals surface area contributed by atoms with Crippen LogP contribution < -0.4 is 10.6 Å². The van der Waals surface area contributed by atoms with Crippen LogP contribution in [0, 0.1) is 0 Å². The molecule has 5 heteroatoms. The highest BCUT2D eigenvalue weighted by Gasteiger charge is 2.29. The van der Waals surface area contributed by atoms with Crippen LogP contribution in [0.1, 0.15) is 30.3 Å². The monoisotopic (exact) mass is 265 g/mol. The van der Waals surface area contributed by atoms with Gasteiger partial charge in [-0.25, -0.2) is 0 Å². The summed E-state index contributed by atoms with van der Waals surface area (Å²) in [5.41, 5.74) is 1.41. The molecular weight excluding hydrogens is 246 g/mol. The maximum absolute atomic E-state index is 11.5. The molecule has 1 fully saturated rings. The summed E-state index contributed by atoms with van der Waals surface area (Å²) < 4.78 is 0.316. The third-order valence-corrected chi connectivity index (χ3v) is 4.72. The number of rotatable bonds is 4. The lowest BCUT2D eigenvalue weighted by molar-refractivity contribution is 0.0958. The van der Waals surface area contributed by atoms with E-state index in [1.165, 1.54) is 18.6 Å². The van der Waals surface area contributed by atoms with Gasteiger partial charge < -0.3 is 10.6 Å². The minimum Gasteiger partial charge on any atom is -0.384 e. The maximum Gasteiger partial charge on any atom is 0.269 e. The van der Waals surface area contributed by atoms with Crippen molar-refractivity contribution in [3.63, 3.8) is 0 Å². The smallest absolute Gasteiger partial charge is 0.269 e. The van der Waals surface area contributed by atoms with Gasteiger partial charge in [-0.1, -0.05) is 0 Å². The summed E-state index contributed by atoms with van der Waals surface area (Å²) in [5, 5.41) is 5.99. The number of anilines is 1. The molecule has 1 aromatic rings. The van der Waals surface area contributed by atoms with E-state index >= 15 is 0 Å². The number of aromatic nitrogens is 1. The molecule has 0 bridgehead atoms. The standard InChI is InChI=1S/C13H19N3OS/c1-13(5-3-7-18-13)9-16-10-4-6-15-11(8-10)12(17)14-2/h4,6,8H,3,5,7,9H2,1-2H3,(H,14,17)(H,15,16). The van der Waals surface area contributed by atoms with E-state index in [0.717, 1.165) is 12.2 Å². The Bertz CT molecular complexity index is 430. The topological polar surface area (TPSA) is 54.0 Å². The number of nitrogens with one attached hydrogen (secondary N) is 2. The fourth-order valence-electron chi connectivity index (χ4n) is 2.06. The van der Waals surface area contributed by atoms with Crippen LogP contribution in [0.3, 0.4) is 0 Å². The summed E-state index contributed by atoms with van der Waals surface area (Å²) in [5.74, 6) is 1.10. The number of carbonyl (C=O) groups excluding carboxylic acids is 1. The van der Waals surface area contributed by atoms with Gasteiger partial charge in [0.15, 0.2) is 0 Å². The van der Waals surface area contributed by atoms with E-state index in [2.05, 4.69) is 22.5 Å². The molecule has 0 saturated carbocycles. The number of amides is 1. The van der Waals surface area contributed by atoms with E-state index in [1.807, 2.05) is 17.8 Å². The van der Waals surface area contributed by atoms with Crippen LogP contribution in [-0.4, -0.2) is 35.0 Å². The normalized spacial score (nSPS) is 22.8. The highest BCUT2D eigenvalue weighted by Crippen LogP contribution is 2.37. The first-order valence-electron chi connectivity index (χ1n) is 6.19. The summed E-state index contributed by atoms with van der Waals surface area (Å²) in [7, 11) is 1.61. The van der Waals surface area contributed by atoms with Gasteiger partial charge >= 0.3 is 0 Å². The Morgan fingerprint density at radius 2 is 2.44 bits per heavy atom. The van der Waals surface area contributed by atoms with Crippen molar-refractivity contribution in [3.05, 3.63) is 24.0 Å². The second kappa shape index (κ2) is 5.61. The summed E-state index contributed by atoms with van der Waals surface area (Å²) in [6.45, 7) is 3.22. The first kappa shape index (κ1) is 13.2. The predicted octanol–water partition coefficient (Wildman–Crippen LogP) is 2.14. The van der Waals surface area contributed by atoms with E-state index in [1.54, 1.807) is 19.3 Å². The van der Waals surface area contributed by atoms with Gasteiger partial charge in [-0.15, -0.1) is 0 Å². The largest absolute Gasteiger partial charge is 0.384 e. The van der Waals surface area contributed by atoms with Crippen LogP contribution in [0.4, 0.5) is 5.69 Å². The zero-order chi connectivity index (χ0) is 13.0. The minimum atomic E-state index is -0.153. The van der Waals surface area contributed by atoms with Gasteiger partial charge in [-0.3, -0.25) is 9.78 Å². The molecule has 1 atom stereocenters. The number of hydrogen-bond donors (Lipinski definition) is 2. The molecule has 4 nitrogen and oxygen atoms in total. The molecule has 0 aliphatic carbocycles. The Morgan fingerprint density at radius 3 is 3.11 bits per heavy atom. The molecule has 2 N–H and O–H groups in total. The third kappa shape index (κ3) is 3.16. The Hall–Kier alpha value is -1.23. The van der Waals surface area contributed by atoms with Crippen LogP contribution in [0.15, 0.2) is 18.3 Å². The van der Waals surface area contributed by atoms with Crippen LogP contribution >= 0.6 is 11.8 Å². The molecule has 98 valence electrons. The van der Waals surface area contributed by atoms with Crippen LogP contribution in [0.2, 0.25) is 0 Å². The Labute approximate surface area is 112 Å². The zero-order valence-corrected chi connectivity index (χ0v) is 11.6. The van der Waals surface area contributed by atoms with Crippen molar-refractivity contribution in [3.8, 4) is 0 Å². The van der Waals surface area contributed by atoms with Crippen molar-refractivity contribution in [1.82, 2.24) is 10.3 Å². The summed E-state index contributed by atoms with van der Waals surface area (Å²) >= 11 is 2.02. The van der Waals surface area contributed by atoms with Gasteiger partial charge in [0, 0.05) is 30.2 Å². The van der Waals surface area contributed by atoms with Crippen molar-refractivity contribution in [2.75, 3.05) is 24.7 Å². The summed E-state index contributed by atoms with van der Waals surface area (Å²) in [6, 6.07) is 3.69. The maximum atomic E-state index is 11.5. The van der Waals surface area contributed by atoms with Gasteiger partial charge in [-0.05, 0) is 37.7 Å². The van der Waals surface area contributed by atoms with Crippen molar-refractivity contribution < 1.29 is 4.79 Å². The first-order valence-corrected chi connectivity index (χ1v) is 7.17. The molecule has 1 amide bonds. The van der Waals surface area contributed by atoms with E-state index in [-0.39, 0.29) is 5.91 Å². The van der Waals surface area contributed by atoms with E-state index in [0.29, 0.717) is 10.4 Å². The molecule has 1 aliphatic heterocycles. The molecular formula is C13H19N3OS. The minimum absolute atomic E-state index is 0.153. The van der Waals surface area contributed by atoms with Crippen molar-refractivity contribution >= 4 is 23.4 Å². The van der Waals surface area contributed by atoms with E-state index < -0.39 is 0 Å². The number of carbonyl (C=O) groups is 1. The van der Waals surface area contributed by atoms with Crippen molar-refractivity contribution in [2.45, 2.75) is 24.5 Å². The SMILES string of the molecule is CNC(=O)c1cc(NCC2(C)CCCS2)ccn1. The molecule has 0 aromatic carbocycles. The quantitative estimate of drug-likeness (QED) is 0.876. The van der Waals surface area contributed by atoms with Crippen LogP contribution in [-0.2, 0) is 0 Å². The van der Waals surface area contributed by atoms with Gasteiger partial charge in [0.25, 0.3) is 5.91 Å². The molecule has 1 unspecified atom stereocenters. The molecule has 2 rings (SSSR count). The second-order valence-electron chi connectivity index (χ2n) is 4.76. The van der Waals surface area contributed by atoms with Gasteiger partial charge in [0.05, 0.1) is 0 Å². The first-order chi connectivity index (χ1) is 8.63. The highest BCUT2D eigenvalue weighted by molar-refractivity contribution is 8.00. The highest BCUT2D eigenvalue weighted by atomic mass is 32.2. The number of nitrogens with zero attached hydrogens (tertiary/aromatic N) is 1. The van der Waals surface area contributed by atoms with Gasteiger partial charge in [0.1, 0.15) is 5.69 Å². The molecule has 1 aromatic heterocycles. The molecule has 0 spiro atoms. The lowest BCUT2D eigenvalue weighted by atomic mass is 10.1. The molecule has 0 radical (unpaired) electrons. The third-order valence-electron chi connectivity index (χ3n) is 3.19. The number of pyridine rings is 1. The molecule has 18 heavy (non-hydrogen) atoms. The molecule has 1 aliphatic rings. The molecule has 2 heterocycles. The lowest BCUT2D eigenvalue weighted by Crippen LogP contribution is -2.27. The van der Waals surface area contributed by atoms with Gasteiger partial charge in [0.2, 0.25) is 0 Å². The van der Waals surface area contributed by atoms with Crippen LogP contribution in [0.5, 0.6) is 0 Å².